The number of amides is 1. The van der Waals surface area contributed by atoms with Gasteiger partial charge in [0.2, 0.25) is 5.91 Å². The van der Waals surface area contributed by atoms with Crippen molar-refractivity contribution >= 4 is 5.91 Å². The fourth-order valence-electron chi connectivity index (χ4n) is 2.25. The van der Waals surface area contributed by atoms with E-state index in [1.807, 2.05) is 13.8 Å². The minimum absolute atomic E-state index is 0.0279. The van der Waals surface area contributed by atoms with Crippen LogP contribution in [0, 0.1) is 19.8 Å². The van der Waals surface area contributed by atoms with Crippen molar-refractivity contribution in [1.29, 1.82) is 0 Å². The number of nitrogens with one attached hydrogen (secondary N) is 2. The Hall–Kier alpha value is -1.36. The first-order valence-corrected chi connectivity index (χ1v) is 7.71. The third-order valence-corrected chi connectivity index (χ3v) is 3.81. The summed E-state index contributed by atoms with van der Waals surface area (Å²) in [6, 6.07) is 0. The van der Waals surface area contributed by atoms with Gasteiger partial charge in [-0.25, -0.2) is 0 Å². The number of nitrogens with zero attached hydrogens (tertiary/aromatic N) is 1. The van der Waals surface area contributed by atoms with Crippen LogP contribution in [0.4, 0.5) is 0 Å². The summed E-state index contributed by atoms with van der Waals surface area (Å²) in [5.74, 6) is 0.527. The molecule has 3 N–H and O–H groups in total. The molecule has 0 aliphatic rings. The fourth-order valence-corrected chi connectivity index (χ4v) is 2.25. The van der Waals surface area contributed by atoms with Crippen molar-refractivity contribution in [2.45, 2.75) is 65.9 Å². The number of carbonyl (C=O) groups excluding carboxylic acids is 1. The molecular formula is C16H29N3O2. The van der Waals surface area contributed by atoms with Crippen LogP contribution in [0.25, 0.3) is 0 Å². The van der Waals surface area contributed by atoms with Crippen molar-refractivity contribution in [2.75, 3.05) is 6.54 Å². The zero-order valence-electron chi connectivity index (χ0n) is 13.9. The van der Waals surface area contributed by atoms with Gasteiger partial charge in [0.1, 0.15) is 0 Å². The molecule has 0 bridgehead atoms. The highest BCUT2D eigenvalue weighted by Gasteiger charge is 2.21. The minimum atomic E-state index is -0.832. The molecule has 1 unspecified atom stereocenters. The van der Waals surface area contributed by atoms with Gasteiger partial charge in [0.15, 0.2) is 0 Å². The van der Waals surface area contributed by atoms with Gasteiger partial charge in [0, 0.05) is 18.7 Å². The van der Waals surface area contributed by atoms with Gasteiger partial charge < -0.3 is 10.4 Å². The zero-order valence-corrected chi connectivity index (χ0v) is 13.9. The summed E-state index contributed by atoms with van der Waals surface area (Å²) in [5, 5.41) is 20.1. The Morgan fingerprint density at radius 2 is 2.10 bits per heavy atom. The lowest BCUT2D eigenvalue weighted by atomic mass is 9.95. The highest BCUT2D eigenvalue weighted by molar-refractivity contribution is 5.76. The Morgan fingerprint density at radius 1 is 1.43 bits per heavy atom. The summed E-state index contributed by atoms with van der Waals surface area (Å²) in [5.41, 5.74) is 2.24. The molecule has 0 saturated heterocycles. The topological polar surface area (TPSA) is 78.0 Å². The SMILES string of the molecule is Cc1n[nH]c(C)c1CCC(=O)NCC(C)(O)CCC(C)C. The van der Waals surface area contributed by atoms with Gasteiger partial charge in [-0.3, -0.25) is 9.89 Å². The van der Waals surface area contributed by atoms with Gasteiger partial charge in [-0.15, -0.1) is 0 Å². The molecule has 0 fully saturated rings. The summed E-state index contributed by atoms with van der Waals surface area (Å²) in [6.07, 6.45) is 2.75. The number of aromatic amines is 1. The third kappa shape index (κ3) is 6.29. The normalized spacial score (nSPS) is 14.2. The summed E-state index contributed by atoms with van der Waals surface area (Å²) in [7, 11) is 0. The second-order valence-electron chi connectivity index (χ2n) is 6.62. The molecular weight excluding hydrogens is 266 g/mol. The molecule has 120 valence electrons. The van der Waals surface area contributed by atoms with E-state index in [2.05, 4.69) is 29.4 Å². The molecule has 0 aromatic carbocycles. The van der Waals surface area contributed by atoms with Gasteiger partial charge in [-0.05, 0) is 51.5 Å². The lowest BCUT2D eigenvalue weighted by Gasteiger charge is -2.24. The predicted octanol–water partition coefficient (Wildman–Crippen LogP) is 2.26. The molecule has 0 spiro atoms. The van der Waals surface area contributed by atoms with Crippen LogP contribution < -0.4 is 5.32 Å². The molecule has 0 saturated carbocycles. The molecule has 1 atom stereocenters. The summed E-state index contributed by atoms with van der Waals surface area (Å²) in [6.45, 7) is 10.2. The molecule has 5 heteroatoms. The van der Waals surface area contributed by atoms with Crippen LogP contribution in [-0.4, -0.2) is 33.4 Å². The van der Waals surface area contributed by atoms with Crippen molar-refractivity contribution in [3.63, 3.8) is 0 Å². The maximum Gasteiger partial charge on any atom is 0.220 e. The number of rotatable bonds is 8. The average Bonchev–Trinajstić information content (AvgIpc) is 2.71. The Labute approximate surface area is 127 Å². The Kier molecular flexibility index (Phi) is 6.40. The molecule has 0 radical (unpaired) electrons. The van der Waals surface area contributed by atoms with E-state index in [1.165, 1.54) is 0 Å². The standard InChI is InChI=1S/C16H29N3O2/c1-11(2)8-9-16(5,21)10-17-15(20)7-6-14-12(3)18-19-13(14)4/h11,21H,6-10H2,1-5H3,(H,17,20)(H,18,19). The Morgan fingerprint density at radius 3 is 2.62 bits per heavy atom. The highest BCUT2D eigenvalue weighted by Crippen LogP contribution is 2.16. The fraction of sp³-hybridized carbons (Fsp3) is 0.750. The van der Waals surface area contributed by atoms with Gasteiger partial charge >= 0.3 is 0 Å². The van der Waals surface area contributed by atoms with E-state index in [1.54, 1.807) is 6.92 Å². The highest BCUT2D eigenvalue weighted by atomic mass is 16.3. The zero-order chi connectivity index (χ0) is 16.0. The second kappa shape index (κ2) is 7.59. The van der Waals surface area contributed by atoms with Crippen LogP contribution in [-0.2, 0) is 11.2 Å². The lowest BCUT2D eigenvalue weighted by Crippen LogP contribution is -2.40. The summed E-state index contributed by atoms with van der Waals surface area (Å²) >= 11 is 0. The van der Waals surface area contributed by atoms with Crippen LogP contribution in [0.5, 0.6) is 0 Å². The Bertz CT molecular complexity index is 445. The van der Waals surface area contributed by atoms with Crippen molar-refractivity contribution in [2.24, 2.45) is 5.92 Å². The molecule has 1 aromatic heterocycles. The minimum Gasteiger partial charge on any atom is -0.388 e. The van der Waals surface area contributed by atoms with Gasteiger partial charge in [-0.1, -0.05) is 13.8 Å². The molecule has 0 aliphatic carbocycles. The summed E-state index contributed by atoms with van der Waals surface area (Å²) in [4.78, 5) is 11.9. The number of hydrogen-bond acceptors (Lipinski definition) is 3. The lowest BCUT2D eigenvalue weighted by molar-refractivity contribution is -0.122. The number of hydrogen-bond donors (Lipinski definition) is 3. The van der Waals surface area contributed by atoms with E-state index in [9.17, 15) is 9.90 Å². The van der Waals surface area contributed by atoms with Gasteiger partial charge in [0.05, 0.1) is 11.3 Å². The van der Waals surface area contributed by atoms with Crippen molar-refractivity contribution in [1.82, 2.24) is 15.5 Å². The number of carbonyl (C=O) groups is 1. The molecule has 1 heterocycles. The average molecular weight is 295 g/mol. The van der Waals surface area contributed by atoms with E-state index >= 15 is 0 Å². The first-order valence-electron chi connectivity index (χ1n) is 7.71. The molecule has 0 aliphatic heterocycles. The monoisotopic (exact) mass is 295 g/mol. The van der Waals surface area contributed by atoms with Crippen LogP contribution in [0.2, 0.25) is 0 Å². The van der Waals surface area contributed by atoms with Crippen LogP contribution in [0.1, 0.15) is 57.0 Å². The third-order valence-electron chi connectivity index (χ3n) is 3.81. The molecule has 1 rings (SSSR count). The van der Waals surface area contributed by atoms with Gasteiger partial charge in [0.25, 0.3) is 0 Å². The molecule has 5 nitrogen and oxygen atoms in total. The van der Waals surface area contributed by atoms with E-state index < -0.39 is 5.60 Å². The van der Waals surface area contributed by atoms with Crippen molar-refractivity contribution in [3.8, 4) is 0 Å². The first kappa shape index (κ1) is 17.7. The van der Waals surface area contributed by atoms with Crippen LogP contribution in [0.3, 0.4) is 0 Å². The van der Waals surface area contributed by atoms with Crippen LogP contribution >= 0.6 is 0 Å². The smallest absolute Gasteiger partial charge is 0.220 e. The van der Waals surface area contributed by atoms with Gasteiger partial charge in [-0.2, -0.15) is 5.10 Å². The first-order chi connectivity index (χ1) is 9.71. The maximum atomic E-state index is 11.9. The largest absolute Gasteiger partial charge is 0.388 e. The molecule has 1 amide bonds. The van der Waals surface area contributed by atoms with Crippen LogP contribution in [0.15, 0.2) is 0 Å². The summed E-state index contributed by atoms with van der Waals surface area (Å²) < 4.78 is 0. The quantitative estimate of drug-likeness (QED) is 0.688. The number of aryl methyl sites for hydroxylation is 2. The number of aliphatic hydroxyl groups is 1. The molecule has 1 aromatic rings. The van der Waals surface area contributed by atoms with E-state index in [0.29, 0.717) is 31.7 Å². The number of aromatic nitrogens is 2. The molecule has 21 heavy (non-hydrogen) atoms. The number of H-pyrrole nitrogens is 1. The van der Waals surface area contributed by atoms with Crippen molar-refractivity contribution in [3.05, 3.63) is 17.0 Å². The van der Waals surface area contributed by atoms with Crippen molar-refractivity contribution < 1.29 is 9.90 Å². The van der Waals surface area contributed by atoms with E-state index in [4.69, 9.17) is 0 Å². The van der Waals surface area contributed by atoms with E-state index in [-0.39, 0.29) is 5.91 Å². The maximum absolute atomic E-state index is 11.9. The van der Waals surface area contributed by atoms with E-state index in [0.717, 1.165) is 23.4 Å². The predicted molar refractivity (Wildman–Crippen MR) is 84.1 cm³/mol. The Balaban J connectivity index is 2.34. The second-order valence-corrected chi connectivity index (χ2v) is 6.62.